The zero-order chi connectivity index (χ0) is 26.3. The first kappa shape index (κ1) is 27.4. The number of nitrogens with one attached hydrogen (secondary N) is 1. The second-order valence-electron chi connectivity index (χ2n) is 11.1. The summed E-state index contributed by atoms with van der Waals surface area (Å²) in [6.07, 6.45) is 2.73. The lowest BCUT2D eigenvalue weighted by atomic mass is 9.87. The van der Waals surface area contributed by atoms with Gasteiger partial charge in [-0.25, -0.2) is 0 Å². The summed E-state index contributed by atoms with van der Waals surface area (Å²) in [6, 6.07) is 17.0. The van der Waals surface area contributed by atoms with E-state index in [-0.39, 0.29) is 17.2 Å². The first-order chi connectivity index (χ1) is 17.8. The molecule has 198 valence electrons. The van der Waals surface area contributed by atoms with E-state index in [0.29, 0.717) is 18.3 Å². The van der Waals surface area contributed by atoms with Gasteiger partial charge in [0.05, 0.1) is 6.54 Å². The molecule has 2 aromatic carbocycles. The summed E-state index contributed by atoms with van der Waals surface area (Å²) in [7, 11) is 0. The molecular weight excluding hydrogens is 480 g/mol. The largest absolute Gasteiger partial charge is 0.356 e. The van der Waals surface area contributed by atoms with E-state index in [4.69, 9.17) is 4.52 Å². The van der Waals surface area contributed by atoms with Crippen molar-refractivity contribution < 1.29 is 9.32 Å². The van der Waals surface area contributed by atoms with Gasteiger partial charge in [0.25, 0.3) is 0 Å². The Labute approximate surface area is 225 Å². The van der Waals surface area contributed by atoms with Gasteiger partial charge in [-0.1, -0.05) is 80.0 Å². The van der Waals surface area contributed by atoms with Crippen molar-refractivity contribution in [3.63, 3.8) is 0 Å². The molecular formula is C30H40N4O2S. The number of carbonyl (C=O) groups is 1. The van der Waals surface area contributed by atoms with E-state index in [2.05, 4.69) is 96.6 Å². The summed E-state index contributed by atoms with van der Waals surface area (Å²) in [5.74, 6) is 3.62. The van der Waals surface area contributed by atoms with Crippen molar-refractivity contribution in [3.8, 4) is 11.4 Å². The Morgan fingerprint density at radius 1 is 1.14 bits per heavy atom. The molecule has 0 spiro atoms. The number of benzene rings is 2. The molecule has 0 saturated carbocycles. The molecule has 0 aliphatic carbocycles. The second-order valence-corrected chi connectivity index (χ2v) is 12.2. The van der Waals surface area contributed by atoms with E-state index in [0.717, 1.165) is 56.0 Å². The molecule has 7 heteroatoms. The van der Waals surface area contributed by atoms with Crippen LogP contribution in [0.25, 0.3) is 11.4 Å². The van der Waals surface area contributed by atoms with Crippen LogP contribution in [0.4, 0.5) is 0 Å². The third kappa shape index (κ3) is 8.17. The van der Waals surface area contributed by atoms with E-state index in [1.807, 2.05) is 11.8 Å². The number of aryl methyl sites for hydroxylation is 1. The highest BCUT2D eigenvalue weighted by atomic mass is 32.2. The van der Waals surface area contributed by atoms with Crippen LogP contribution < -0.4 is 5.32 Å². The zero-order valence-corrected chi connectivity index (χ0v) is 23.4. The molecule has 1 aromatic heterocycles. The number of thioether (sulfide) groups is 1. The maximum atomic E-state index is 12.6. The molecule has 3 aromatic rings. The minimum atomic E-state index is 0.0933. The van der Waals surface area contributed by atoms with Gasteiger partial charge < -0.3 is 9.84 Å². The Kier molecular flexibility index (Phi) is 9.43. The molecule has 1 amide bonds. The predicted octanol–water partition coefficient (Wildman–Crippen LogP) is 5.99. The Bertz CT molecular complexity index is 1140. The number of nitrogens with zero attached hydrogens (tertiary/aromatic N) is 3. The molecule has 1 fully saturated rings. The Morgan fingerprint density at radius 2 is 1.89 bits per heavy atom. The van der Waals surface area contributed by atoms with Crippen LogP contribution in [0.1, 0.15) is 62.6 Å². The summed E-state index contributed by atoms with van der Waals surface area (Å²) in [5.41, 5.74) is 5.04. The molecule has 1 aliphatic rings. The lowest BCUT2D eigenvalue weighted by Gasteiger charge is -2.30. The Hall–Kier alpha value is -2.64. The number of carbonyl (C=O) groups excluding carboxylic acids is 1. The number of amides is 1. The smallest absolute Gasteiger partial charge is 0.241 e. The minimum Gasteiger partial charge on any atom is -0.356 e. The van der Waals surface area contributed by atoms with Crippen molar-refractivity contribution in [2.24, 2.45) is 5.92 Å². The normalized spacial score (nSPS) is 15.1. The van der Waals surface area contributed by atoms with Crippen LogP contribution >= 0.6 is 11.8 Å². The summed E-state index contributed by atoms with van der Waals surface area (Å²) >= 11 is 1.93. The molecule has 0 unspecified atom stereocenters. The zero-order valence-electron chi connectivity index (χ0n) is 22.6. The van der Waals surface area contributed by atoms with Gasteiger partial charge in [-0.3, -0.25) is 9.69 Å². The molecule has 1 saturated heterocycles. The highest BCUT2D eigenvalue weighted by Crippen LogP contribution is 2.25. The predicted molar refractivity (Wildman–Crippen MR) is 151 cm³/mol. The third-order valence-electron chi connectivity index (χ3n) is 6.91. The first-order valence-corrected chi connectivity index (χ1v) is 14.5. The quantitative estimate of drug-likeness (QED) is 0.331. The van der Waals surface area contributed by atoms with Gasteiger partial charge in [0.15, 0.2) is 0 Å². The standard InChI is InChI=1S/C30H40N4O2S/c1-22-7-5-8-23(19-22)21-37-18-6-15-31-29(35)25-13-16-34(17-14-25)20-27-32-28(33-36-27)24-9-11-26(12-10-24)30(2,3)4/h5,7-12,19,25H,6,13-18,20-21H2,1-4H3,(H,31,35). The van der Waals surface area contributed by atoms with Crippen molar-refractivity contribution in [2.75, 3.05) is 25.4 Å². The monoisotopic (exact) mass is 520 g/mol. The summed E-state index contributed by atoms with van der Waals surface area (Å²) < 4.78 is 5.53. The second kappa shape index (κ2) is 12.7. The van der Waals surface area contributed by atoms with Crippen LogP contribution in [-0.4, -0.2) is 46.3 Å². The van der Waals surface area contributed by atoms with Crippen molar-refractivity contribution in [2.45, 2.75) is 64.7 Å². The number of rotatable bonds is 10. The average Bonchev–Trinajstić information content (AvgIpc) is 3.34. The van der Waals surface area contributed by atoms with E-state index in [1.165, 1.54) is 16.7 Å². The number of piperidine rings is 1. The van der Waals surface area contributed by atoms with Gasteiger partial charge in [-0.15, -0.1) is 0 Å². The molecule has 2 heterocycles. The average molecular weight is 521 g/mol. The third-order valence-corrected chi connectivity index (χ3v) is 8.03. The van der Waals surface area contributed by atoms with Gasteiger partial charge in [-0.05, 0) is 61.6 Å². The fraction of sp³-hybridized carbons (Fsp3) is 0.500. The highest BCUT2D eigenvalue weighted by Gasteiger charge is 2.26. The van der Waals surface area contributed by atoms with Crippen LogP contribution in [0.3, 0.4) is 0 Å². The van der Waals surface area contributed by atoms with Gasteiger partial charge in [0.1, 0.15) is 0 Å². The molecule has 4 rings (SSSR count). The summed E-state index contributed by atoms with van der Waals surface area (Å²) in [5, 5.41) is 7.33. The van der Waals surface area contributed by atoms with Crippen LogP contribution in [0, 0.1) is 12.8 Å². The number of hydrogen-bond acceptors (Lipinski definition) is 6. The van der Waals surface area contributed by atoms with Crippen molar-refractivity contribution in [1.29, 1.82) is 0 Å². The van der Waals surface area contributed by atoms with Gasteiger partial charge in [-0.2, -0.15) is 16.7 Å². The lowest BCUT2D eigenvalue weighted by molar-refractivity contribution is -0.126. The van der Waals surface area contributed by atoms with Crippen LogP contribution in [0.5, 0.6) is 0 Å². The topological polar surface area (TPSA) is 71.3 Å². The van der Waals surface area contributed by atoms with Gasteiger partial charge >= 0.3 is 0 Å². The van der Waals surface area contributed by atoms with E-state index in [9.17, 15) is 4.79 Å². The van der Waals surface area contributed by atoms with E-state index < -0.39 is 0 Å². The summed E-state index contributed by atoms with van der Waals surface area (Å²) in [4.78, 5) is 19.5. The summed E-state index contributed by atoms with van der Waals surface area (Å²) in [6.45, 7) is 11.8. The first-order valence-electron chi connectivity index (χ1n) is 13.3. The maximum Gasteiger partial charge on any atom is 0.241 e. The number of hydrogen-bond donors (Lipinski definition) is 1. The van der Waals surface area contributed by atoms with E-state index in [1.54, 1.807) is 0 Å². The van der Waals surface area contributed by atoms with E-state index >= 15 is 0 Å². The number of aromatic nitrogens is 2. The van der Waals surface area contributed by atoms with Crippen LogP contribution in [0.15, 0.2) is 53.1 Å². The lowest BCUT2D eigenvalue weighted by Crippen LogP contribution is -2.40. The van der Waals surface area contributed by atoms with Crippen LogP contribution in [-0.2, 0) is 22.5 Å². The highest BCUT2D eigenvalue weighted by molar-refractivity contribution is 7.98. The number of likely N-dealkylation sites (tertiary alicyclic amines) is 1. The SMILES string of the molecule is Cc1cccc(CSCCCNC(=O)C2CCN(Cc3nc(-c4ccc(C(C)(C)C)cc4)no3)CC2)c1. The molecule has 0 atom stereocenters. The van der Waals surface area contributed by atoms with Gasteiger partial charge in [0.2, 0.25) is 17.6 Å². The van der Waals surface area contributed by atoms with Crippen molar-refractivity contribution >= 4 is 17.7 Å². The fourth-order valence-electron chi connectivity index (χ4n) is 4.62. The molecule has 6 nitrogen and oxygen atoms in total. The Balaban J connectivity index is 1.13. The minimum absolute atomic E-state index is 0.0933. The molecule has 1 N–H and O–H groups in total. The van der Waals surface area contributed by atoms with Crippen molar-refractivity contribution in [1.82, 2.24) is 20.4 Å². The Morgan fingerprint density at radius 3 is 2.59 bits per heavy atom. The van der Waals surface area contributed by atoms with Gasteiger partial charge in [0, 0.05) is 23.8 Å². The molecule has 0 bridgehead atoms. The molecule has 0 radical (unpaired) electrons. The van der Waals surface area contributed by atoms with Crippen LogP contribution in [0.2, 0.25) is 0 Å². The fourth-order valence-corrected chi connectivity index (χ4v) is 5.53. The van der Waals surface area contributed by atoms with Crippen molar-refractivity contribution in [3.05, 3.63) is 71.1 Å². The maximum absolute atomic E-state index is 12.6. The molecule has 1 aliphatic heterocycles. The molecule has 37 heavy (non-hydrogen) atoms.